The van der Waals surface area contributed by atoms with Gasteiger partial charge < -0.3 is 10.0 Å². The summed E-state index contributed by atoms with van der Waals surface area (Å²) >= 11 is 0. The van der Waals surface area contributed by atoms with Crippen LogP contribution in [-0.4, -0.2) is 59.1 Å². The number of hydrogen-bond acceptors (Lipinski definition) is 3. The van der Waals surface area contributed by atoms with Gasteiger partial charge in [0.25, 0.3) is 5.91 Å². The Morgan fingerprint density at radius 2 is 1.83 bits per heavy atom. The third-order valence-electron chi connectivity index (χ3n) is 5.62. The number of halogens is 2. The first-order valence-corrected chi connectivity index (χ1v) is 8.60. The third kappa shape index (κ3) is 2.82. The standard InChI is InChI=1S/C18H22F2N2O2/c19-15-3-14(4-16(20)5-15)17(24)21-10-18(11-21)6-13(9-23)8-22(18)7-12-1-2-12/h3-5,12-13,23H,1-2,6-11H2/t13-/m0/s1. The smallest absolute Gasteiger partial charge is 0.254 e. The first-order valence-electron chi connectivity index (χ1n) is 8.60. The Balaban J connectivity index is 1.46. The van der Waals surface area contributed by atoms with Crippen LogP contribution in [0.5, 0.6) is 0 Å². The van der Waals surface area contributed by atoms with E-state index in [2.05, 4.69) is 4.90 Å². The fourth-order valence-electron chi connectivity index (χ4n) is 4.24. The molecular formula is C18H22F2N2O2. The zero-order valence-corrected chi connectivity index (χ0v) is 13.5. The van der Waals surface area contributed by atoms with Crippen LogP contribution in [0.1, 0.15) is 29.6 Å². The fourth-order valence-corrected chi connectivity index (χ4v) is 4.24. The van der Waals surface area contributed by atoms with Crippen LogP contribution in [0.15, 0.2) is 18.2 Å². The van der Waals surface area contributed by atoms with Crippen molar-refractivity contribution in [3.05, 3.63) is 35.4 Å². The van der Waals surface area contributed by atoms with Crippen molar-refractivity contribution in [1.29, 1.82) is 0 Å². The van der Waals surface area contributed by atoms with E-state index in [1.54, 1.807) is 4.90 Å². The monoisotopic (exact) mass is 336 g/mol. The maximum atomic E-state index is 13.3. The van der Waals surface area contributed by atoms with E-state index in [-0.39, 0.29) is 29.5 Å². The minimum atomic E-state index is -0.731. The van der Waals surface area contributed by atoms with Gasteiger partial charge in [0.1, 0.15) is 11.6 Å². The number of hydrogen-bond donors (Lipinski definition) is 1. The molecule has 1 aliphatic carbocycles. The Morgan fingerprint density at radius 3 is 2.42 bits per heavy atom. The topological polar surface area (TPSA) is 43.8 Å². The molecule has 0 radical (unpaired) electrons. The van der Waals surface area contributed by atoms with Crippen molar-refractivity contribution in [3.8, 4) is 0 Å². The third-order valence-corrected chi connectivity index (χ3v) is 5.62. The number of amides is 1. The number of nitrogens with zero attached hydrogens (tertiary/aromatic N) is 2. The number of rotatable bonds is 4. The molecule has 1 spiro atoms. The van der Waals surface area contributed by atoms with Gasteiger partial charge >= 0.3 is 0 Å². The van der Waals surface area contributed by atoms with Gasteiger partial charge in [-0.3, -0.25) is 9.69 Å². The summed E-state index contributed by atoms with van der Waals surface area (Å²) in [5.74, 6) is -0.776. The molecule has 24 heavy (non-hydrogen) atoms. The number of aliphatic hydroxyl groups excluding tert-OH is 1. The molecule has 0 bridgehead atoms. The second-order valence-corrected chi connectivity index (χ2v) is 7.64. The highest BCUT2D eigenvalue weighted by atomic mass is 19.1. The molecule has 1 aromatic rings. The Hall–Kier alpha value is -1.53. The highest BCUT2D eigenvalue weighted by Gasteiger charge is 2.55. The zero-order chi connectivity index (χ0) is 16.9. The van der Waals surface area contributed by atoms with E-state index in [1.807, 2.05) is 0 Å². The normalized spacial score (nSPS) is 26.0. The molecule has 1 atom stereocenters. The van der Waals surface area contributed by atoms with Crippen molar-refractivity contribution in [2.45, 2.75) is 24.8 Å². The summed E-state index contributed by atoms with van der Waals surface area (Å²) in [5.41, 5.74) is 0.00476. The van der Waals surface area contributed by atoms with Gasteiger partial charge in [-0.1, -0.05) is 0 Å². The molecule has 4 nitrogen and oxygen atoms in total. The van der Waals surface area contributed by atoms with Crippen LogP contribution in [0, 0.1) is 23.5 Å². The van der Waals surface area contributed by atoms with Crippen LogP contribution in [0.4, 0.5) is 8.78 Å². The van der Waals surface area contributed by atoms with Gasteiger partial charge in [0.2, 0.25) is 0 Å². The Labute approximate surface area is 140 Å². The predicted molar refractivity (Wildman–Crippen MR) is 84.5 cm³/mol. The molecule has 1 saturated carbocycles. The second-order valence-electron chi connectivity index (χ2n) is 7.64. The summed E-state index contributed by atoms with van der Waals surface area (Å²) in [6, 6.07) is 2.95. The summed E-state index contributed by atoms with van der Waals surface area (Å²) in [7, 11) is 0. The van der Waals surface area contributed by atoms with E-state index < -0.39 is 11.6 Å². The van der Waals surface area contributed by atoms with Gasteiger partial charge in [0.05, 0.1) is 5.54 Å². The number of aliphatic hydroxyl groups is 1. The molecule has 0 aromatic heterocycles. The highest BCUT2D eigenvalue weighted by molar-refractivity contribution is 5.95. The Bertz CT molecular complexity index is 636. The van der Waals surface area contributed by atoms with Gasteiger partial charge in [0.15, 0.2) is 0 Å². The van der Waals surface area contributed by atoms with E-state index in [0.29, 0.717) is 13.1 Å². The maximum absolute atomic E-state index is 13.3. The molecule has 1 amide bonds. The van der Waals surface area contributed by atoms with Gasteiger partial charge in [-0.25, -0.2) is 8.78 Å². The first-order chi connectivity index (χ1) is 11.5. The number of carbonyl (C=O) groups is 1. The summed E-state index contributed by atoms with van der Waals surface area (Å²) in [6.45, 7) is 3.24. The molecule has 1 N–H and O–H groups in total. The zero-order valence-electron chi connectivity index (χ0n) is 13.5. The van der Waals surface area contributed by atoms with Gasteiger partial charge in [-0.05, 0) is 43.2 Å². The Morgan fingerprint density at radius 1 is 1.17 bits per heavy atom. The largest absolute Gasteiger partial charge is 0.396 e. The van der Waals surface area contributed by atoms with E-state index in [1.165, 1.54) is 12.8 Å². The Kier molecular flexibility index (Phi) is 3.84. The quantitative estimate of drug-likeness (QED) is 0.913. The molecule has 2 aliphatic heterocycles. The minimum Gasteiger partial charge on any atom is -0.396 e. The molecule has 130 valence electrons. The molecule has 6 heteroatoms. The summed E-state index contributed by atoms with van der Waals surface area (Å²) in [4.78, 5) is 16.6. The van der Waals surface area contributed by atoms with E-state index in [4.69, 9.17) is 0 Å². The average Bonchev–Trinajstić information content (AvgIpc) is 3.23. The lowest BCUT2D eigenvalue weighted by Gasteiger charge is -2.53. The summed E-state index contributed by atoms with van der Waals surface area (Å²) in [6.07, 6.45) is 3.42. The lowest BCUT2D eigenvalue weighted by molar-refractivity contribution is -0.0200. The maximum Gasteiger partial charge on any atom is 0.254 e. The van der Waals surface area contributed by atoms with Crippen molar-refractivity contribution in [2.75, 3.05) is 32.8 Å². The van der Waals surface area contributed by atoms with Crippen molar-refractivity contribution >= 4 is 5.91 Å². The van der Waals surface area contributed by atoms with Crippen LogP contribution in [0.25, 0.3) is 0 Å². The molecule has 4 rings (SSSR count). The average molecular weight is 336 g/mol. The minimum absolute atomic E-state index is 0.0580. The van der Waals surface area contributed by atoms with Gasteiger partial charge in [0, 0.05) is 44.4 Å². The number of benzene rings is 1. The van der Waals surface area contributed by atoms with Crippen LogP contribution < -0.4 is 0 Å². The van der Waals surface area contributed by atoms with E-state index in [9.17, 15) is 18.7 Å². The fraction of sp³-hybridized carbons (Fsp3) is 0.611. The predicted octanol–water partition coefficient (Wildman–Crippen LogP) is 1.88. The van der Waals surface area contributed by atoms with Crippen molar-refractivity contribution < 1.29 is 18.7 Å². The van der Waals surface area contributed by atoms with Crippen LogP contribution >= 0.6 is 0 Å². The molecule has 3 aliphatic rings. The van der Waals surface area contributed by atoms with Gasteiger partial charge in [-0.15, -0.1) is 0 Å². The SMILES string of the molecule is O=C(c1cc(F)cc(F)c1)N1CC2(C[C@H](CO)CN2CC2CC2)C1. The van der Waals surface area contributed by atoms with E-state index >= 15 is 0 Å². The molecule has 2 saturated heterocycles. The summed E-state index contributed by atoms with van der Waals surface area (Å²) < 4.78 is 26.7. The van der Waals surface area contributed by atoms with E-state index in [0.717, 1.165) is 43.6 Å². The number of likely N-dealkylation sites (tertiary alicyclic amines) is 2. The van der Waals surface area contributed by atoms with Gasteiger partial charge in [-0.2, -0.15) is 0 Å². The highest BCUT2D eigenvalue weighted by Crippen LogP contribution is 2.43. The molecule has 0 unspecified atom stereocenters. The first kappa shape index (κ1) is 16.0. The molecule has 3 fully saturated rings. The van der Waals surface area contributed by atoms with Crippen LogP contribution in [0.2, 0.25) is 0 Å². The van der Waals surface area contributed by atoms with Crippen LogP contribution in [-0.2, 0) is 0 Å². The van der Waals surface area contributed by atoms with Crippen molar-refractivity contribution in [2.24, 2.45) is 11.8 Å². The molecule has 2 heterocycles. The lowest BCUT2D eigenvalue weighted by atomic mass is 9.84. The molecule has 1 aromatic carbocycles. The van der Waals surface area contributed by atoms with Crippen molar-refractivity contribution in [3.63, 3.8) is 0 Å². The summed E-state index contributed by atoms with van der Waals surface area (Å²) in [5, 5.41) is 9.51. The second kappa shape index (κ2) is 5.77. The number of carbonyl (C=O) groups excluding carboxylic acids is 1. The van der Waals surface area contributed by atoms with Crippen molar-refractivity contribution in [1.82, 2.24) is 9.80 Å². The van der Waals surface area contributed by atoms with Crippen LogP contribution in [0.3, 0.4) is 0 Å². The molecular weight excluding hydrogens is 314 g/mol. The lowest BCUT2D eigenvalue weighted by Crippen LogP contribution is -2.69.